The third-order valence-electron chi connectivity index (χ3n) is 5.25. The summed E-state index contributed by atoms with van der Waals surface area (Å²) in [4.78, 5) is 0. The first kappa shape index (κ1) is 20.3. The molecule has 0 amide bonds. The van der Waals surface area contributed by atoms with Gasteiger partial charge < -0.3 is 0 Å². The zero-order valence-corrected chi connectivity index (χ0v) is 19.5. The molecule has 0 unspecified atom stereocenters. The van der Waals surface area contributed by atoms with E-state index in [0.717, 1.165) is 19.6 Å². The van der Waals surface area contributed by atoms with E-state index in [-0.39, 0.29) is 0 Å². The van der Waals surface area contributed by atoms with Gasteiger partial charge in [-0.1, -0.05) is 0 Å². The van der Waals surface area contributed by atoms with Crippen molar-refractivity contribution in [2.24, 2.45) is 0 Å². The van der Waals surface area contributed by atoms with Crippen LogP contribution in [0.1, 0.15) is 53.4 Å². The molecule has 1 aliphatic rings. The van der Waals surface area contributed by atoms with Gasteiger partial charge in [0.1, 0.15) is 0 Å². The molecule has 0 spiro atoms. The zero-order chi connectivity index (χ0) is 16.8. The van der Waals surface area contributed by atoms with Crippen LogP contribution in [-0.4, -0.2) is 49.4 Å². The van der Waals surface area contributed by atoms with Crippen LogP contribution in [0.15, 0.2) is 21.1 Å². The summed E-state index contributed by atoms with van der Waals surface area (Å²) in [6, 6.07) is 0. The van der Waals surface area contributed by atoms with Crippen LogP contribution in [0.25, 0.3) is 0 Å². The molecule has 0 fully saturated rings. The second-order valence-corrected chi connectivity index (χ2v) is 21.4. The van der Waals surface area contributed by atoms with Gasteiger partial charge in [0.25, 0.3) is 0 Å². The molecular formula is C18H37HfN3. The molecule has 0 aliphatic heterocycles. The molecule has 0 N–H and O–H groups in total. The van der Waals surface area contributed by atoms with Crippen molar-refractivity contribution in [2.75, 3.05) is 40.8 Å². The second-order valence-electron chi connectivity index (χ2n) is 6.39. The van der Waals surface area contributed by atoms with Gasteiger partial charge in [-0.15, -0.1) is 0 Å². The number of nitrogens with zero attached hydrogens (tertiary/aromatic N) is 3. The van der Waals surface area contributed by atoms with E-state index in [9.17, 15) is 0 Å². The second kappa shape index (κ2) is 9.51. The Hall–Kier alpha value is 0.230. The number of hydrogen-bond acceptors (Lipinski definition) is 3. The van der Waals surface area contributed by atoms with Gasteiger partial charge in [0, 0.05) is 0 Å². The van der Waals surface area contributed by atoms with Crippen molar-refractivity contribution in [1.82, 2.24) is 8.66 Å². The number of allylic oxidation sites excluding steroid dienone is 4. The maximum absolute atomic E-state index is 3.09. The zero-order valence-electron chi connectivity index (χ0n) is 15.9. The predicted molar refractivity (Wildman–Crippen MR) is 95.2 cm³/mol. The Morgan fingerprint density at radius 1 is 0.909 bits per heavy atom. The molecule has 3 nitrogen and oxygen atoms in total. The Bertz CT molecular complexity index is 377. The molecule has 128 valence electrons. The average Bonchev–Trinajstić information content (AvgIpc) is 3.01. The first-order valence-corrected chi connectivity index (χ1v) is 15.6. The van der Waals surface area contributed by atoms with Gasteiger partial charge >= 0.3 is 145 Å². The van der Waals surface area contributed by atoms with E-state index in [4.69, 9.17) is 0 Å². The van der Waals surface area contributed by atoms with E-state index in [1.807, 2.05) is 0 Å². The molecule has 4 heteroatoms. The van der Waals surface area contributed by atoms with Crippen LogP contribution in [-0.2, 0) is 20.8 Å². The van der Waals surface area contributed by atoms with Crippen molar-refractivity contribution in [2.45, 2.75) is 53.4 Å². The van der Waals surface area contributed by atoms with E-state index in [0.29, 0.717) is 0 Å². The Morgan fingerprint density at radius 3 is 1.82 bits per heavy atom. The van der Waals surface area contributed by atoms with Gasteiger partial charge in [0.05, 0.1) is 0 Å². The number of rotatable bonds is 10. The standard InChI is InChI=1S/C9H13.3C3H8N.Hf/c1-2-3-6-9-7-4-5-8-9;3*1-3-4-2;/h4,7H,2-3,5-6H2,1H3;3*3H2,1-2H3;/q;3*-1;+3. The third kappa shape index (κ3) is 3.82. The molecule has 0 saturated carbocycles. The first-order valence-electron chi connectivity index (χ1n) is 9.03. The minimum atomic E-state index is -3.09. The summed E-state index contributed by atoms with van der Waals surface area (Å²) < 4.78 is 10.00. The van der Waals surface area contributed by atoms with Crippen molar-refractivity contribution in [3.05, 3.63) is 21.1 Å². The molecule has 1 aliphatic carbocycles. The molecular weight excluding hydrogens is 437 g/mol. The number of hydrogen-bond donors (Lipinski definition) is 0. The summed E-state index contributed by atoms with van der Waals surface area (Å²) in [6.45, 7) is 12.7. The van der Waals surface area contributed by atoms with E-state index >= 15 is 0 Å². The van der Waals surface area contributed by atoms with E-state index in [1.54, 1.807) is 8.90 Å². The van der Waals surface area contributed by atoms with Gasteiger partial charge in [-0.05, 0) is 0 Å². The first-order chi connectivity index (χ1) is 10.5. The fraction of sp³-hybridized carbons (Fsp3) is 0.778. The SMILES string of the molecule is CCCCC1=[C]([Hf]([N](C)CC)([N](C)CC)[N](C)CC)CC=C1. The monoisotopic (exact) mass is 475 g/mol. The Morgan fingerprint density at radius 2 is 1.41 bits per heavy atom. The van der Waals surface area contributed by atoms with Crippen LogP contribution in [0.5, 0.6) is 0 Å². The van der Waals surface area contributed by atoms with Gasteiger partial charge in [-0.3, -0.25) is 0 Å². The summed E-state index contributed by atoms with van der Waals surface area (Å²) in [5.74, 6) is 0. The fourth-order valence-corrected chi connectivity index (χ4v) is 23.4. The van der Waals surface area contributed by atoms with E-state index < -0.39 is 20.8 Å². The molecule has 0 heterocycles. The predicted octanol–water partition coefficient (Wildman–Crippen LogP) is 4.14. The molecule has 0 aromatic rings. The van der Waals surface area contributed by atoms with Crippen molar-refractivity contribution in [3.63, 3.8) is 0 Å². The molecule has 0 aromatic heterocycles. The summed E-state index contributed by atoms with van der Waals surface area (Å²) in [7, 11) is 7.09. The summed E-state index contributed by atoms with van der Waals surface area (Å²) in [5, 5.41) is 0. The minimum absolute atomic E-state index is 1.14. The van der Waals surface area contributed by atoms with Gasteiger partial charge in [0.2, 0.25) is 0 Å². The van der Waals surface area contributed by atoms with Gasteiger partial charge in [0.15, 0.2) is 0 Å². The topological polar surface area (TPSA) is 9.72 Å². The van der Waals surface area contributed by atoms with Crippen LogP contribution in [0, 0.1) is 0 Å². The van der Waals surface area contributed by atoms with Crippen LogP contribution < -0.4 is 0 Å². The van der Waals surface area contributed by atoms with Crippen LogP contribution >= 0.6 is 0 Å². The molecule has 0 aromatic carbocycles. The van der Waals surface area contributed by atoms with E-state index in [1.165, 1.54) is 25.7 Å². The number of unbranched alkanes of at least 4 members (excludes halogenated alkanes) is 1. The van der Waals surface area contributed by atoms with Gasteiger partial charge in [-0.25, -0.2) is 0 Å². The fourth-order valence-electron chi connectivity index (χ4n) is 3.73. The molecule has 0 atom stereocenters. The van der Waals surface area contributed by atoms with Crippen LogP contribution in [0.2, 0.25) is 0 Å². The third-order valence-corrected chi connectivity index (χ3v) is 24.9. The molecule has 0 saturated heterocycles. The summed E-state index contributed by atoms with van der Waals surface area (Å²) >= 11 is -3.09. The molecule has 1 rings (SSSR count). The molecule has 22 heavy (non-hydrogen) atoms. The van der Waals surface area contributed by atoms with E-state index in [2.05, 4.69) is 69.7 Å². The van der Waals surface area contributed by atoms with Gasteiger partial charge in [-0.2, -0.15) is 0 Å². The summed E-state index contributed by atoms with van der Waals surface area (Å²) in [5.41, 5.74) is 1.66. The van der Waals surface area contributed by atoms with Crippen molar-refractivity contribution in [3.8, 4) is 0 Å². The Kier molecular flexibility index (Phi) is 8.76. The quantitative estimate of drug-likeness (QED) is 0.441. The molecule has 0 radical (unpaired) electrons. The van der Waals surface area contributed by atoms with Crippen molar-refractivity contribution < 1.29 is 20.8 Å². The van der Waals surface area contributed by atoms with Crippen LogP contribution in [0.3, 0.4) is 0 Å². The Labute approximate surface area is 144 Å². The summed E-state index contributed by atoms with van der Waals surface area (Å²) in [6.07, 6.45) is 9.87. The van der Waals surface area contributed by atoms with Crippen LogP contribution in [0.4, 0.5) is 0 Å². The van der Waals surface area contributed by atoms with Crippen molar-refractivity contribution in [1.29, 1.82) is 0 Å². The normalized spacial score (nSPS) is 15.9. The van der Waals surface area contributed by atoms with Crippen molar-refractivity contribution >= 4 is 0 Å². The Balaban J connectivity index is 3.40. The average molecular weight is 474 g/mol. The maximum atomic E-state index is 2.73. The molecule has 0 bridgehead atoms.